The Hall–Kier alpha value is -2.44. The quantitative estimate of drug-likeness (QED) is 0.550. The van der Waals surface area contributed by atoms with Gasteiger partial charge in [0.25, 0.3) is 5.91 Å². The molecule has 3 N–H and O–H groups in total. The number of fused-ring (bicyclic) bond motifs is 1. The summed E-state index contributed by atoms with van der Waals surface area (Å²) >= 11 is 7.09. The van der Waals surface area contributed by atoms with Crippen LogP contribution in [0.4, 0.5) is 5.69 Å². The molecule has 0 bridgehead atoms. The number of benzene rings is 1. The highest BCUT2D eigenvalue weighted by Crippen LogP contribution is 2.34. The van der Waals surface area contributed by atoms with E-state index in [9.17, 15) is 4.79 Å². The highest BCUT2D eigenvalue weighted by molar-refractivity contribution is 7.21. The van der Waals surface area contributed by atoms with Crippen LogP contribution in [0.3, 0.4) is 0 Å². The van der Waals surface area contributed by atoms with Gasteiger partial charge < -0.3 is 5.73 Å². The number of nitrogen functional groups attached to an aromatic ring is 1. The first kappa shape index (κ1) is 16.4. The van der Waals surface area contributed by atoms with Gasteiger partial charge in [0, 0.05) is 16.1 Å². The lowest BCUT2D eigenvalue weighted by Crippen LogP contribution is -2.17. The first-order valence-electron chi connectivity index (χ1n) is 7.21. The number of hydrogen-bond acceptors (Lipinski definition) is 5. The number of aryl methyl sites for hydroxylation is 2. The van der Waals surface area contributed by atoms with Gasteiger partial charge in [-0.2, -0.15) is 5.10 Å². The highest BCUT2D eigenvalue weighted by Gasteiger charge is 2.18. The molecule has 3 aromatic rings. The Morgan fingerprint density at radius 3 is 2.75 bits per heavy atom. The number of anilines is 1. The first-order valence-corrected chi connectivity index (χ1v) is 8.40. The van der Waals surface area contributed by atoms with Crippen LogP contribution in [0, 0.1) is 13.8 Å². The number of halogens is 1. The molecule has 1 amide bonds. The van der Waals surface area contributed by atoms with Crippen LogP contribution in [0.25, 0.3) is 10.2 Å². The molecule has 0 radical (unpaired) electrons. The minimum absolute atomic E-state index is 0.349. The third-order valence-corrected chi connectivity index (χ3v) is 4.83. The lowest BCUT2D eigenvalue weighted by Gasteiger charge is -2.00. The fourth-order valence-corrected chi connectivity index (χ4v) is 3.64. The van der Waals surface area contributed by atoms with E-state index in [0.29, 0.717) is 15.6 Å². The Morgan fingerprint density at radius 2 is 2.04 bits per heavy atom. The van der Waals surface area contributed by atoms with Gasteiger partial charge in [0.15, 0.2) is 0 Å². The maximum atomic E-state index is 12.3. The van der Waals surface area contributed by atoms with Crippen molar-refractivity contribution in [2.75, 3.05) is 5.73 Å². The molecular weight excluding hydrogens is 344 g/mol. The predicted octanol–water partition coefficient (Wildman–Crippen LogP) is 3.91. The van der Waals surface area contributed by atoms with Crippen molar-refractivity contribution in [1.29, 1.82) is 0 Å². The SMILES string of the molecule is Cc1cc(C)c2c(N)c(C(=O)N/N=C/c3ccc(Cl)cc3)sc2n1. The van der Waals surface area contributed by atoms with Crippen LogP contribution in [0.5, 0.6) is 0 Å². The molecule has 2 heterocycles. The largest absolute Gasteiger partial charge is 0.397 e. The van der Waals surface area contributed by atoms with E-state index in [1.165, 1.54) is 11.3 Å². The first-order chi connectivity index (χ1) is 11.5. The monoisotopic (exact) mass is 358 g/mol. The van der Waals surface area contributed by atoms with Crippen LogP contribution < -0.4 is 11.2 Å². The standard InChI is InChI=1S/C17H15ClN4OS/c1-9-7-10(2)21-17-13(9)14(19)15(24-17)16(23)22-20-8-11-3-5-12(18)6-4-11/h3-8H,19H2,1-2H3,(H,22,23)/b20-8+. The Labute approximate surface area is 148 Å². The van der Waals surface area contributed by atoms with E-state index >= 15 is 0 Å². The number of rotatable bonds is 3. The fourth-order valence-electron chi connectivity index (χ4n) is 2.40. The van der Waals surface area contributed by atoms with Crippen molar-refractivity contribution in [2.24, 2.45) is 5.10 Å². The van der Waals surface area contributed by atoms with Crippen LogP contribution in [0.1, 0.15) is 26.5 Å². The molecule has 3 rings (SSSR count). The van der Waals surface area contributed by atoms with Gasteiger partial charge in [0.2, 0.25) is 0 Å². The Balaban J connectivity index is 1.82. The van der Waals surface area contributed by atoms with Gasteiger partial charge in [-0.15, -0.1) is 11.3 Å². The fraction of sp³-hybridized carbons (Fsp3) is 0.118. The van der Waals surface area contributed by atoms with E-state index in [0.717, 1.165) is 27.0 Å². The maximum absolute atomic E-state index is 12.3. The zero-order valence-corrected chi connectivity index (χ0v) is 14.7. The van der Waals surface area contributed by atoms with Crippen molar-refractivity contribution in [3.05, 3.63) is 57.1 Å². The molecule has 0 saturated heterocycles. The summed E-state index contributed by atoms with van der Waals surface area (Å²) in [5, 5.41) is 5.44. The number of nitrogens with one attached hydrogen (secondary N) is 1. The van der Waals surface area contributed by atoms with Crippen molar-refractivity contribution in [1.82, 2.24) is 10.4 Å². The predicted molar refractivity (Wildman–Crippen MR) is 100 cm³/mol. The number of carbonyl (C=O) groups excluding carboxylic acids is 1. The molecule has 122 valence electrons. The van der Waals surface area contributed by atoms with Crippen molar-refractivity contribution in [3.63, 3.8) is 0 Å². The summed E-state index contributed by atoms with van der Waals surface area (Å²) in [5.41, 5.74) is 11.8. The molecule has 7 heteroatoms. The molecule has 0 atom stereocenters. The second-order valence-electron chi connectivity index (χ2n) is 5.36. The maximum Gasteiger partial charge on any atom is 0.283 e. The third-order valence-electron chi connectivity index (χ3n) is 3.48. The van der Waals surface area contributed by atoms with E-state index in [4.69, 9.17) is 17.3 Å². The van der Waals surface area contributed by atoms with Crippen LogP contribution in [0.15, 0.2) is 35.4 Å². The number of aromatic nitrogens is 1. The molecule has 0 saturated carbocycles. The summed E-state index contributed by atoms with van der Waals surface area (Å²) in [4.78, 5) is 18.0. The Kier molecular flexibility index (Phi) is 4.51. The summed E-state index contributed by atoms with van der Waals surface area (Å²) in [7, 11) is 0. The van der Waals surface area contributed by atoms with Crippen molar-refractivity contribution < 1.29 is 4.79 Å². The second kappa shape index (κ2) is 6.59. The smallest absolute Gasteiger partial charge is 0.283 e. The van der Waals surface area contributed by atoms with Crippen molar-refractivity contribution >= 4 is 51.0 Å². The molecule has 0 aliphatic heterocycles. The van der Waals surface area contributed by atoms with Crippen molar-refractivity contribution in [3.8, 4) is 0 Å². The molecular formula is C17H15ClN4OS. The molecule has 0 fully saturated rings. The van der Waals surface area contributed by atoms with Gasteiger partial charge in [0.05, 0.1) is 11.9 Å². The van der Waals surface area contributed by atoms with Gasteiger partial charge in [0.1, 0.15) is 9.71 Å². The summed E-state index contributed by atoms with van der Waals surface area (Å²) in [6.07, 6.45) is 1.55. The van der Waals surface area contributed by atoms with Crippen molar-refractivity contribution in [2.45, 2.75) is 13.8 Å². The number of hydrogen-bond donors (Lipinski definition) is 2. The Bertz CT molecular complexity index is 947. The number of hydrazone groups is 1. The number of thiophene rings is 1. The summed E-state index contributed by atoms with van der Waals surface area (Å²) in [5.74, 6) is -0.349. The zero-order valence-electron chi connectivity index (χ0n) is 13.1. The molecule has 0 aliphatic rings. The molecule has 0 aliphatic carbocycles. The zero-order chi connectivity index (χ0) is 17.3. The average Bonchev–Trinajstić information content (AvgIpc) is 2.86. The summed E-state index contributed by atoms with van der Waals surface area (Å²) in [6, 6.07) is 9.08. The van der Waals surface area contributed by atoms with Crippen LogP contribution in [-0.2, 0) is 0 Å². The van der Waals surface area contributed by atoms with Gasteiger partial charge in [-0.25, -0.2) is 10.4 Å². The number of nitrogens with zero attached hydrogens (tertiary/aromatic N) is 2. The van der Waals surface area contributed by atoms with Gasteiger partial charge in [-0.05, 0) is 43.2 Å². The van der Waals surface area contributed by atoms with Crippen LogP contribution in [-0.4, -0.2) is 17.1 Å². The molecule has 5 nitrogen and oxygen atoms in total. The number of amides is 1. The van der Waals surface area contributed by atoms with Gasteiger partial charge in [-0.3, -0.25) is 4.79 Å². The molecule has 24 heavy (non-hydrogen) atoms. The number of carbonyl (C=O) groups is 1. The van der Waals surface area contributed by atoms with E-state index in [2.05, 4.69) is 15.5 Å². The lowest BCUT2D eigenvalue weighted by atomic mass is 10.1. The third kappa shape index (κ3) is 3.25. The summed E-state index contributed by atoms with van der Waals surface area (Å²) in [6.45, 7) is 3.87. The highest BCUT2D eigenvalue weighted by atomic mass is 35.5. The topological polar surface area (TPSA) is 80.4 Å². The molecule has 0 spiro atoms. The van der Waals surface area contributed by atoms with E-state index in [1.807, 2.05) is 32.0 Å². The minimum atomic E-state index is -0.349. The Morgan fingerprint density at radius 1 is 1.33 bits per heavy atom. The molecule has 1 aromatic carbocycles. The van der Waals surface area contributed by atoms with E-state index in [1.54, 1.807) is 18.3 Å². The van der Waals surface area contributed by atoms with Crippen LogP contribution in [0.2, 0.25) is 5.02 Å². The second-order valence-corrected chi connectivity index (χ2v) is 6.79. The number of nitrogens with two attached hydrogens (primary N) is 1. The van der Waals surface area contributed by atoms with Gasteiger partial charge >= 0.3 is 0 Å². The van der Waals surface area contributed by atoms with Gasteiger partial charge in [-0.1, -0.05) is 23.7 Å². The summed E-state index contributed by atoms with van der Waals surface area (Å²) < 4.78 is 0. The van der Waals surface area contributed by atoms with E-state index < -0.39 is 0 Å². The molecule has 2 aromatic heterocycles. The van der Waals surface area contributed by atoms with Crippen LogP contribution >= 0.6 is 22.9 Å². The van der Waals surface area contributed by atoms with E-state index in [-0.39, 0.29) is 5.91 Å². The lowest BCUT2D eigenvalue weighted by molar-refractivity contribution is 0.0960. The minimum Gasteiger partial charge on any atom is -0.397 e. The average molecular weight is 359 g/mol. The molecule has 0 unspecified atom stereocenters. The normalized spacial score (nSPS) is 11.3. The number of pyridine rings is 1.